The maximum atomic E-state index is 12.9. The number of hydrogen-bond donors (Lipinski definition) is 1. The molecule has 1 unspecified atom stereocenters. The third kappa shape index (κ3) is 4.59. The molecule has 0 aromatic heterocycles. The van der Waals surface area contributed by atoms with Gasteiger partial charge in [0, 0.05) is 31.7 Å². The second-order valence-electron chi connectivity index (χ2n) is 7.07. The van der Waals surface area contributed by atoms with Gasteiger partial charge in [-0.2, -0.15) is 4.31 Å². The predicted octanol–water partition coefficient (Wildman–Crippen LogP) is 0.365. The van der Waals surface area contributed by atoms with Crippen molar-refractivity contribution >= 4 is 27.8 Å². The van der Waals surface area contributed by atoms with E-state index < -0.39 is 33.8 Å². The van der Waals surface area contributed by atoms with Crippen molar-refractivity contribution in [3.63, 3.8) is 0 Å². The van der Waals surface area contributed by atoms with E-state index in [2.05, 4.69) is 10.1 Å². The molecule has 0 aliphatic carbocycles. The monoisotopic (exact) mass is 423 g/mol. The van der Waals surface area contributed by atoms with Crippen molar-refractivity contribution in [1.82, 2.24) is 14.5 Å². The first-order valence-corrected chi connectivity index (χ1v) is 11.0. The number of rotatable bonds is 5. The summed E-state index contributed by atoms with van der Waals surface area (Å²) in [6.45, 7) is 1.53. The molecule has 2 fully saturated rings. The molecule has 9 nitrogen and oxygen atoms in total. The number of amides is 2. The second kappa shape index (κ2) is 8.91. The molecule has 2 amide bonds. The average Bonchev–Trinajstić information content (AvgIpc) is 2.75. The molecular weight excluding hydrogens is 398 g/mol. The predicted molar refractivity (Wildman–Crippen MR) is 104 cm³/mol. The highest BCUT2D eigenvalue weighted by Gasteiger charge is 2.35. The fourth-order valence-corrected chi connectivity index (χ4v) is 5.11. The van der Waals surface area contributed by atoms with Crippen LogP contribution in [-0.4, -0.2) is 74.7 Å². The van der Waals surface area contributed by atoms with Crippen LogP contribution in [0.5, 0.6) is 0 Å². The number of hydrogen-bond acceptors (Lipinski definition) is 6. The molecule has 1 atom stereocenters. The van der Waals surface area contributed by atoms with Crippen molar-refractivity contribution in [2.24, 2.45) is 0 Å². The number of carbonyl (C=O) groups excluding carboxylic acids is 3. The number of esters is 1. The summed E-state index contributed by atoms with van der Waals surface area (Å²) in [5, 5.41) is 2.64. The van der Waals surface area contributed by atoms with Gasteiger partial charge in [-0.1, -0.05) is 6.42 Å². The van der Waals surface area contributed by atoms with Crippen LogP contribution in [0, 0.1) is 0 Å². The third-order valence-corrected chi connectivity index (χ3v) is 7.15. The first-order chi connectivity index (χ1) is 13.8. The minimum Gasteiger partial charge on any atom is -0.469 e. The number of nitrogens with zero attached hydrogens (tertiary/aromatic N) is 2. The van der Waals surface area contributed by atoms with Gasteiger partial charge in [0.05, 0.1) is 18.4 Å². The molecule has 0 spiro atoms. The van der Waals surface area contributed by atoms with Gasteiger partial charge in [0.15, 0.2) is 0 Å². The molecule has 1 N–H and O–H groups in total. The highest BCUT2D eigenvalue weighted by atomic mass is 32.2. The molecule has 158 valence electrons. The molecule has 1 aromatic rings. The summed E-state index contributed by atoms with van der Waals surface area (Å²) in [5.74, 6) is -1.44. The molecular formula is C19H25N3O6S. The van der Waals surface area contributed by atoms with E-state index >= 15 is 0 Å². The number of piperidine rings is 1. The third-order valence-electron chi connectivity index (χ3n) is 5.23. The van der Waals surface area contributed by atoms with Crippen molar-refractivity contribution in [1.29, 1.82) is 0 Å². The minimum atomic E-state index is -3.59. The molecule has 0 bridgehead atoms. The summed E-state index contributed by atoms with van der Waals surface area (Å²) < 4.78 is 31.6. The lowest BCUT2D eigenvalue weighted by atomic mass is 10.1. The minimum absolute atomic E-state index is 0.137. The van der Waals surface area contributed by atoms with Gasteiger partial charge in [-0.15, -0.1) is 0 Å². The SMILES string of the molecule is COC(=O)CC1C(=O)NCCN1C(=O)c1ccc(S(=O)(=O)N2CCCCC2)cc1. The van der Waals surface area contributed by atoms with Gasteiger partial charge in [0.2, 0.25) is 15.9 Å². The number of sulfonamides is 1. The zero-order valence-electron chi connectivity index (χ0n) is 16.3. The van der Waals surface area contributed by atoms with Gasteiger partial charge in [-0.3, -0.25) is 14.4 Å². The molecule has 2 saturated heterocycles. The van der Waals surface area contributed by atoms with E-state index in [-0.39, 0.29) is 30.0 Å². The molecule has 2 aliphatic rings. The molecule has 3 rings (SSSR count). The Kier molecular flexibility index (Phi) is 6.53. The number of carbonyl (C=O) groups is 3. The van der Waals surface area contributed by atoms with Crippen molar-refractivity contribution in [3.05, 3.63) is 29.8 Å². The topological polar surface area (TPSA) is 113 Å². The quantitative estimate of drug-likeness (QED) is 0.685. The van der Waals surface area contributed by atoms with E-state index in [1.165, 1.54) is 40.6 Å². The first kappa shape index (κ1) is 21.3. The Bertz CT molecular complexity index is 878. The van der Waals surface area contributed by atoms with Crippen LogP contribution in [0.3, 0.4) is 0 Å². The van der Waals surface area contributed by atoms with Crippen molar-refractivity contribution in [3.8, 4) is 0 Å². The zero-order valence-corrected chi connectivity index (χ0v) is 17.1. The van der Waals surface area contributed by atoms with Crippen LogP contribution < -0.4 is 5.32 Å². The molecule has 0 saturated carbocycles. The fraction of sp³-hybridized carbons (Fsp3) is 0.526. The van der Waals surface area contributed by atoms with Crippen LogP contribution in [0.2, 0.25) is 0 Å². The fourth-order valence-electron chi connectivity index (χ4n) is 3.59. The van der Waals surface area contributed by atoms with Crippen LogP contribution in [0.1, 0.15) is 36.0 Å². The van der Waals surface area contributed by atoms with E-state index in [1.54, 1.807) is 0 Å². The van der Waals surface area contributed by atoms with Crippen molar-refractivity contribution in [2.75, 3.05) is 33.3 Å². The van der Waals surface area contributed by atoms with Crippen LogP contribution in [0.15, 0.2) is 29.2 Å². The molecule has 1 aromatic carbocycles. The second-order valence-corrected chi connectivity index (χ2v) is 9.01. The largest absolute Gasteiger partial charge is 0.469 e. The van der Waals surface area contributed by atoms with Gasteiger partial charge in [-0.05, 0) is 37.1 Å². The number of nitrogens with one attached hydrogen (secondary N) is 1. The maximum Gasteiger partial charge on any atom is 0.308 e. The Hall–Kier alpha value is -2.46. The Morgan fingerprint density at radius 3 is 2.38 bits per heavy atom. The summed E-state index contributed by atoms with van der Waals surface area (Å²) >= 11 is 0. The Balaban J connectivity index is 1.78. The molecule has 0 radical (unpaired) electrons. The lowest BCUT2D eigenvalue weighted by molar-refractivity contribution is -0.145. The summed E-state index contributed by atoms with van der Waals surface area (Å²) in [6, 6.07) is 4.76. The number of benzene rings is 1. The molecule has 2 heterocycles. The zero-order chi connectivity index (χ0) is 21.0. The number of methoxy groups -OCH3 is 1. The van der Waals surface area contributed by atoms with Crippen LogP contribution in [0.25, 0.3) is 0 Å². The normalized spacial score (nSPS) is 20.8. The summed E-state index contributed by atoms with van der Waals surface area (Å²) in [5.41, 5.74) is 0.257. The van der Waals surface area contributed by atoms with E-state index in [9.17, 15) is 22.8 Å². The van der Waals surface area contributed by atoms with Gasteiger partial charge in [0.25, 0.3) is 5.91 Å². The van der Waals surface area contributed by atoms with Crippen LogP contribution in [-0.2, 0) is 24.3 Å². The lowest BCUT2D eigenvalue weighted by Gasteiger charge is -2.34. The first-order valence-electron chi connectivity index (χ1n) is 9.60. The number of piperazine rings is 1. The Morgan fingerprint density at radius 1 is 1.10 bits per heavy atom. The van der Waals surface area contributed by atoms with Crippen molar-refractivity contribution < 1.29 is 27.5 Å². The maximum absolute atomic E-state index is 12.9. The highest BCUT2D eigenvalue weighted by Crippen LogP contribution is 2.22. The molecule has 29 heavy (non-hydrogen) atoms. The molecule has 2 aliphatic heterocycles. The van der Waals surface area contributed by atoms with Gasteiger partial charge < -0.3 is 15.0 Å². The number of ether oxygens (including phenoxy) is 1. The summed E-state index contributed by atoms with van der Waals surface area (Å²) in [7, 11) is -2.37. The van der Waals surface area contributed by atoms with Gasteiger partial charge in [-0.25, -0.2) is 8.42 Å². The summed E-state index contributed by atoms with van der Waals surface area (Å²) in [6.07, 6.45) is 2.47. The lowest BCUT2D eigenvalue weighted by Crippen LogP contribution is -2.57. The van der Waals surface area contributed by atoms with E-state index in [0.717, 1.165) is 19.3 Å². The van der Waals surface area contributed by atoms with Crippen LogP contribution >= 0.6 is 0 Å². The van der Waals surface area contributed by atoms with Gasteiger partial charge >= 0.3 is 5.97 Å². The van der Waals surface area contributed by atoms with E-state index in [0.29, 0.717) is 13.1 Å². The summed E-state index contributed by atoms with van der Waals surface area (Å²) in [4.78, 5) is 38.2. The Labute approximate surface area is 170 Å². The Morgan fingerprint density at radius 2 is 1.76 bits per heavy atom. The highest BCUT2D eigenvalue weighted by molar-refractivity contribution is 7.89. The van der Waals surface area contributed by atoms with Crippen molar-refractivity contribution in [2.45, 2.75) is 36.6 Å². The van der Waals surface area contributed by atoms with E-state index in [4.69, 9.17) is 0 Å². The average molecular weight is 423 g/mol. The molecule has 10 heteroatoms. The smallest absolute Gasteiger partial charge is 0.308 e. The van der Waals surface area contributed by atoms with Crippen LogP contribution in [0.4, 0.5) is 0 Å². The standard InChI is InChI=1S/C19H25N3O6S/c1-28-17(23)13-16-18(24)20-9-12-22(16)19(25)14-5-7-15(8-6-14)29(26,27)21-10-3-2-4-11-21/h5-8,16H,2-4,9-13H2,1H3,(H,20,24). The van der Waals surface area contributed by atoms with E-state index in [1.807, 2.05) is 0 Å². The van der Waals surface area contributed by atoms with Gasteiger partial charge in [0.1, 0.15) is 6.04 Å².